The van der Waals surface area contributed by atoms with E-state index in [1.54, 1.807) is 38.6 Å². The number of benzene rings is 1. The molecule has 1 saturated heterocycles. The zero-order chi connectivity index (χ0) is 26.1. The van der Waals surface area contributed by atoms with Crippen LogP contribution in [-0.2, 0) is 25.8 Å². The predicted octanol–water partition coefficient (Wildman–Crippen LogP) is 2.10. The molecule has 2 heterocycles. The highest BCUT2D eigenvalue weighted by molar-refractivity contribution is 5.94. The molecular formula is C24H30FN7O4. The number of piperidine rings is 1. The average Bonchev–Trinajstić information content (AvgIpc) is 2.86. The first-order chi connectivity index (χ1) is 17.2. The highest BCUT2D eigenvalue weighted by Crippen LogP contribution is 2.26. The molecule has 0 atom stereocenters. The Bertz CT molecular complexity index is 1110. The number of carbonyl (C=O) groups excluding carboxylic acids is 2. The highest BCUT2D eigenvalue weighted by atomic mass is 19.1. The highest BCUT2D eigenvalue weighted by Gasteiger charge is 2.19. The number of amidine groups is 1. The maximum atomic E-state index is 15.0. The third-order valence-electron chi connectivity index (χ3n) is 5.47. The number of hydrogen-bond acceptors (Lipinski definition) is 9. The lowest BCUT2D eigenvalue weighted by atomic mass is 10.0. The summed E-state index contributed by atoms with van der Waals surface area (Å²) < 4.78 is 20.0. The molecule has 11 nitrogen and oxygen atoms in total. The Labute approximate surface area is 208 Å². The van der Waals surface area contributed by atoms with Gasteiger partial charge in [-0.1, -0.05) is 23.4 Å². The van der Waals surface area contributed by atoms with Crippen LogP contribution in [0.15, 0.2) is 35.7 Å². The molecule has 192 valence electrons. The number of esters is 1. The SMILES string of the molecule is CN(C)C(=O)CCON=C1CCN(c2ncc(-c3cccc(COC(=O)CC(=N)N)c3F)cn2)CC1. The van der Waals surface area contributed by atoms with Crippen LogP contribution in [0.25, 0.3) is 11.1 Å². The summed E-state index contributed by atoms with van der Waals surface area (Å²) in [6, 6.07) is 4.78. The first-order valence-electron chi connectivity index (χ1n) is 11.5. The summed E-state index contributed by atoms with van der Waals surface area (Å²) in [7, 11) is 3.40. The van der Waals surface area contributed by atoms with Gasteiger partial charge in [-0.25, -0.2) is 14.4 Å². The van der Waals surface area contributed by atoms with Crippen molar-refractivity contribution in [2.45, 2.75) is 32.3 Å². The molecule has 1 aliphatic rings. The standard InChI is InChI=1S/C24H30FN7O4/c1-31(2)21(33)8-11-36-30-18-6-9-32(10-7-18)24-28-13-17(14-29-24)19-5-3-4-16(23(19)25)15-35-22(34)12-20(26)27/h3-5,13-14H,6-12,15H2,1-2H3,(H3,26,27). The molecule has 0 saturated carbocycles. The molecule has 3 N–H and O–H groups in total. The maximum absolute atomic E-state index is 15.0. The fourth-order valence-electron chi connectivity index (χ4n) is 3.45. The van der Waals surface area contributed by atoms with Crippen LogP contribution >= 0.6 is 0 Å². The number of oxime groups is 1. The van der Waals surface area contributed by atoms with Crippen LogP contribution in [0.1, 0.15) is 31.2 Å². The Kier molecular flexibility index (Phi) is 9.25. The number of nitrogens with one attached hydrogen (secondary N) is 1. The smallest absolute Gasteiger partial charge is 0.313 e. The van der Waals surface area contributed by atoms with E-state index in [0.717, 1.165) is 5.71 Å². The van der Waals surface area contributed by atoms with E-state index < -0.39 is 11.8 Å². The Morgan fingerprint density at radius 1 is 1.22 bits per heavy atom. The summed E-state index contributed by atoms with van der Waals surface area (Å²) in [5.74, 6) is -1.02. The number of ether oxygens (including phenoxy) is 1. The van der Waals surface area contributed by atoms with Crippen molar-refractivity contribution in [3.8, 4) is 11.1 Å². The van der Waals surface area contributed by atoms with Gasteiger partial charge in [0.15, 0.2) is 0 Å². The van der Waals surface area contributed by atoms with Crippen molar-refractivity contribution < 1.29 is 23.6 Å². The van der Waals surface area contributed by atoms with Crippen molar-refractivity contribution in [3.05, 3.63) is 42.0 Å². The van der Waals surface area contributed by atoms with E-state index in [4.69, 9.17) is 20.7 Å². The van der Waals surface area contributed by atoms with Gasteiger partial charge in [0.25, 0.3) is 0 Å². The second-order valence-corrected chi connectivity index (χ2v) is 8.43. The molecule has 36 heavy (non-hydrogen) atoms. The molecule has 0 radical (unpaired) electrons. The van der Waals surface area contributed by atoms with E-state index in [0.29, 0.717) is 43.0 Å². The molecule has 1 aromatic heterocycles. The minimum atomic E-state index is -0.694. The van der Waals surface area contributed by atoms with E-state index in [-0.39, 0.29) is 43.4 Å². The van der Waals surface area contributed by atoms with Crippen molar-refractivity contribution >= 4 is 29.4 Å². The topological polar surface area (TPSA) is 147 Å². The molecule has 1 aliphatic heterocycles. The van der Waals surface area contributed by atoms with Crippen LogP contribution < -0.4 is 10.6 Å². The van der Waals surface area contributed by atoms with Crippen molar-refractivity contribution in [2.75, 3.05) is 38.7 Å². The molecule has 0 unspecified atom stereocenters. The number of halogens is 1. The molecule has 1 aromatic carbocycles. The third-order valence-corrected chi connectivity index (χ3v) is 5.47. The number of anilines is 1. The van der Waals surface area contributed by atoms with Gasteiger partial charge in [0.05, 0.1) is 12.1 Å². The van der Waals surface area contributed by atoms with Crippen molar-refractivity contribution in [3.63, 3.8) is 0 Å². The first-order valence-corrected chi connectivity index (χ1v) is 11.5. The molecule has 0 bridgehead atoms. The Morgan fingerprint density at radius 2 is 1.92 bits per heavy atom. The molecule has 0 spiro atoms. The van der Waals surface area contributed by atoms with Crippen LogP contribution in [0, 0.1) is 11.2 Å². The van der Waals surface area contributed by atoms with Gasteiger partial charge in [0.1, 0.15) is 31.3 Å². The maximum Gasteiger partial charge on any atom is 0.313 e. The Morgan fingerprint density at radius 3 is 2.56 bits per heavy atom. The second-order valence-electron chi connectivity index (χ2n) is 8.43. The minimum Gasteiger partial charge on any atom is -0.460 e. The van der Waals surface area contributed by atoms with Crippen molar-refractivity contribution in [1.82, 2.24) is 14.9 Å². The van der Waals surface area contributed by atoms with E-state index in [1.807, 2.05) is 4.90 Å². The lowest BCUT2D eigenvalue weighted by Crippen LogP contribution is -2.35. The number of carbonyl (C=O) groups is 2. The summed E-state index contributed by atoms with van der Waals surface area (Å²) in [6.07, 6.45) is 4.43. The Hall–Kier alpha value is -4.09. The van der Waals surface area contributed by atoms with Crippen LogP contribution in [0.2, 0.25) is 0 Å². The van der Waals surface area contributed by atoms with Crippen LogP contribution in [0.3, 0.4) is 0 Å². The molecule has 1 amide bonds. The lowest BCUT2D eigenvalue weighted by molar-refractivity contribution is -0.143. The number of aromatic nitrogens is 2. The third kappa shape index (κ3) is 7.45. The molecule has 2 aromatic rings. The van der Waals surface area contributed by atoms with Gasteiger partial charge in [0.2, 0.25) is 11.9 Å². The van der Waals surface area contributed by atoms with Crippen LogP contribution in [0.4, 0.5) is 10.3 Å². The largest absolute Gasteiger partial charge is 0.460 e. The molecule has 12 heteroatoms. The number of rotatable bonds is 10. The van der Waals surface area contributed by atoms with Crippen molar-refractivity contribution in [1.29, 1.82) is 5.41 Å². The number of nitrogens with two attached hydrogens (primary N) is 1. The second kappa shape index (κ2) is 12.6. The van der Waals surface area contributed by atoms with Gasteiger partial charge in [-0.3, -0.25) is 15.0 Å². The fourth-order valence-corrected chi connectivity index (χ4v) is 3.45. The monoisotopic (exact) mass is 499 g/mol. The number of hydrogen-bond donors (Lipinski definition) is 2. The Balaban J connectivity index is 1.55. The van der Waals surface area contributed by atoms with Crippen molar-refractivity contribution in [2.24, 2.45) is 10.9 Å². The summed E-state index contributed by atoms with van der Waals surface area (Å²) in [5.41, 5.74) is 7.08. The zero-order valence-electron chi connectivity index (χ0n) is 20.4. The fraction of sp³-hybridized carbons (Fsp3) is 0.417. The first kappa shape index (κ1) is 26.5. The van der Waals surface area contributed by atoms with Gasteiger partial charge in [0, 0.05) is 69.1 Å². The van der Waals surface area contributed by atoms with Gasteiger partial charge >= 0.3 is 5.97 Å². The molecule has 1 fully saturated rings. The van der Waals surface area contributed by atoms with E-state index in [2.05, 4.69) is 15.1 Å². The lowest BCUT2D eigenvalue weighted by Gasteiger charge is -2.27. The van der Waals surface area contributed by atoms with Gasteiger partial charge in [-0.05, 0) is 0 Å². The van der Waals surface area contributed by atoms with E-state index in [1.165, 1.54) is 11.0 Å². The van der Waals surface area contributed by atoms with Crippen LogP contribution in [-0.4, -0.2) is 72.1 Å². The van der Waals surface area contributed by atoms with E-state index in [9.17, 15) is 9.59 Å². The normalized spacial score (nSPS) is 13.2. The molecule has 3 rings (SSSR count). The number of nitrogens with zero attached hydrogens (tertiary/aromatic N) is 5. The molecule has 0 aliphatic carbocycles. The van der Waals surface area contributed by atoms with E-state index >= 15 is 4.39 Å². The zero-order valence-corrected chi connectivity index (χ0v) is 20.4. The summed E-state index contributed by atoms with van der Waals surface area (Å²) in [4.78, 5) is 40.8. The number of amides is 1. The summed E-state index contributed by atoms with van der Waals surface area (Å²) >= 11 is 0. The minimum absolute atomic E-state index is 0.00896. The van der Waals surface area contributed by atoms with Gasteiger partial charge in [-0.2, -0.15) is 0 Å². The average molecular weight is 500 g/mol. The van der Waals surface area contributed by atoms with Gasteiger partial charge < -0.3 is 25.1 Å². The molecular weight excluding hydrogens is 469 g/mol. The summed E-state index contributed by atoms with van der Waals surface area (Å²) in [5, 5.41) is 11.3. The quantitative estimate of drug-likeness (QED) is 0.166. The van der Waals surface area contributed by atoms with Gasteiger partial charge in [-0.15, -0.1) is 0 Å². The van der Waals surface area contributed by atoms with Crippen LogP contribution in [0.5, 0.6) is 0 Å². The predicted molar refractivity (Wildman–Crippen MR) is 132 cm³/mol. The summed E-state index contributed by atoms with van der Waals surface area (Å²) in [6.45, 7) is 1.30.